The van der Waals surface area contributed by atoms with Crippen LogP contribution in [0.5, 0.6) is 0 Å². The zero-order chi connectivity index (χ0) is 21.3. The van der Waals surface area contributed by atoms with E-state index in [9.17, 15) is 18.0 Å². The Morgan fingerprint density at radius 2 is 2.07 bits per heavy atom. The Kier molecular flexibility index (Phi) is 5.12. The van der Waals surface area contributed by atoms with Gasteiger partial charge in [-0.25, -0.2) is 9.67 Å². The quantitative estimate of drug-likeness (QED) is 0.509. The van der Waals surface area contributed by atoms with Crippen LogP contribution in [0.25, 0.3) is 16.4 Å². The van der Waals surface area contributed by atoms with Crippen LogP contribution in [0, 0.1) is 6.92 Å². The molecule has 1 N–H and O–H groups in total. The Hall–Kier alpha value is -3.47. The van der Waals surface area contributed by atoms with E-state index in [0.717, 1.165) is 12.1 Å². The van der Waals surface area contributed by atoms with Gasteiger partial charge < -0.3 is 9.84 Å². The standard InChI is InChI=1S/C19H14F3N5O2S/c1-11-8-13(26-29-11)10-23-18(28)16-24-17(15-6-3-7-30-15)27(25-16)14-5-2-4-12(9-14)19(20,21)22/h2-9H,10H2,1H3,(H,23,28). The number of benzene rings is 1. The number of amides is 1. The Morgan fingerprint density at radius 1 is 1.23 bits per heavy atom. The smallest absolute Gasteiger partial charge is 0.361 e. The van der Waals surface area contributed by atoms with E-state index in [1.165, 1.54) is 28.2 Å². The summed E-state index contributed by atoms with van der Waals surface area (Å²) in [7, 11) is 0. The molecule has 0 saturated heterocycles. The van der Waals surface area contributed by atoms with Gasteiger partial charge in [-0.05, 0) is 36.6 Å². The summed E-state index contributed by atoms with van der Waals surface area (Å²) in [6.07, 6.45) is -4.50. The fourth-order valence-corrected chi connectivity index (χ4v) is 3.42. The van der Waals surface area contributed by atoms with E-state index in [-0.39, 0.29) is 23.9 Å². The molecule has 0 fully saturated rings. The van der Waals surface area contributed by atoms with Crippen molar-refractivity contribution in [1.29, 1.82) is 0 Å². The highest BCUT2D eigenvalue weighted by Gasteiger charge is 2.31. The average Bonchev–Trinajstić information content (AvgIpc) is 3.45. The minimum atomic E-state index is -4.50. The third kappa shape index (κ3) is 4.10. The first-order valence-electron chi connectivity index (χ1n) is 8.70. The lowest BCUT2D eigenvalue weighted by Gasteiger charge is -2.09. The topological polar surface area (TPSA) is 85.8 Å². The van der Waals surface area contributed by atoms with E-state index >= 15 is 0 Å². The van der Waals surface area contributed by atoms with Gasteiger partial charge in [0.1, 0.15) is 11.5 Å². The van der Waals surface area contributed by atoms with E-state index in [1.807, 2.05) is 0 Å². The molecule has 0 aliphatic carbocycles. The number of carbonyl (C=O) groups excluding carboxylic acids is 1. The third-order valence-corrected chi connectivity index (χ3v) is 4.94. The number of nitrogens with zero attached hydrogens (tertiary/aromatic N) is 4. The summed E-state index contributed by atoms with van der Waals surface area (Å²) in [4.78, 5) is 17.5. The van der Waals surface area contributed by atoms with Crippen molar-refractivity contribution in [2.24, 2.45) is 0 Å². The van der Waals surface area contributed by atoms with Crippen LogP contribution < -0.4 is 5.32 Å². The third-order valence-electron chi connectivity index (χ3n) is 4.08. The monoisotopic (exact) mass is 433 g/mol. The van der Waals surface area contributed by atoms with Gasteiger partial charge in [0.15, 0.2) is 5.82 Å². The summed E-state index contributed by atoms with van der Waals surface area (Å²) in [5.74, 6) is 0.119. The lowest BCUT2D eigenvalue weighted by Crippen LogP contribution is -2.24. The van der Waals surface area contributed by atoms with Crippen molar-refractivity contribution < 1.29 is 22.5 Å². The molecule has 0 spiro atoms. The first-order valence-corrected chi connectivity index (χ1v) is 9.58. The van der Waals surface area contributed by atoms with Crippen LogP contribution in [0.1, 0.15) is 27.6 Å². The predicted molar refractivity (Wildman–Crippen MR) is 102 cm³/mol. The van der Waals surface area contributed by atoms with Crippen molar-refractivity contribution in [2.75, 3.05) is 0 Å². The molecule has 154 valence electrons. The first kappa shape index (κ1) is 19.8. The normalized spacial score (nSPS) is 11.6. The Bertz CT molecular complexity index is 1180. The van der Waals surface area contributed by atoms with Crippen LogP contribution in [0.2, 0.25) is 0 Å². The summed E-state index contributed by atoms with van der Waals surface area (Å²) in [6, 6.07) is 9.89. The fourth-order valence-electron chi connectivity index (χ4n) is 2.72. The minimum absolute atomic E-state index is 0.0998. The number of aromatic nitrogens is 4. The van der Waals surface area contributed by atoms with Gasteiger partial charge in [-0.15, -0.1) is 16.4 Å². The van der Waals surface area contributed by atoms with E-state index in [0.29, 0.717) is 16.3 Å². The van der Waals surface area contributed by atoms with E-state index in [1.54, 1.807) is 30.5 Å². The maximum absolute atomic E-state index is 13.1. The largest absolute Gasteiger partial charge is 0.416 e. The lowest BCUT2D eigenvalue weighted by atomic mass is 10.2. The van der Waals surface area contributed by atoms with Gasteiger partial charge in [0.05, 0.1) is 22.7 Å². The van der Waals surface area contributed by atoms with Crippen LogP contribution in [0.15, 0.2) is 52.4 Å². The molecule has 7 nitrogen and oxygen atoms in total. The number of hydrogen-bond acceptors (Lipinski definition) is 6. The van der Waals surface area contributed by atoms with Crippen LogP contribution >= 0.6 is 11.3 Å². The number of aryl methyl sites for hydroxylation is 1. The number of rotatable bonds is 5. The lowest BCUT2D eigenvalue weighted by molar-refractivity contribution is -0.137. The van der Waals surface area contributed by atoms with Crippen molar-refractivity contribution in [3.63, 3.8) is 0 Å². The molecule has 3 aromatic heterocycles. The van der Waals surface area contributed by atoms with Gasteiger partial charge in [-0.3, -0.25) is 4.79 Å². The molecule has 0 aliphatic heterocycles. The highest BCUT2D eigenvalue weighted by Crippen LogP contribution is 2.32. The zero-order valence-electron chi connectivity index (χ0n) is 15.5. The first-order chi connectivity index (χ1) is 14.3. The van der Waals surface area contributed by atoms with Gasteiger partial charge >= 0.3 is 6.18 Å². The van der Waals surface area contributed by atoms with Gasteiger partial charge in [0.2, 0.25) is 5.82 Å². The Balaban J connectivity index is 1.68. The summed E-state index contributed by atoms with van der Waals surface area (Å²) in [5, 5.41) is 12.4. The van der Waals surface area contributed by atoms with Gasteiger partial charge in [0.25, 0.3) is 5.91 Å². The molecule has 0 aliphatic rings. The highest BCUT2D eigenvalue weighted by molar-refractivity contribution is 7.13. The van der Waals surface area contributed by atoms with Gasteiger partial charge in [0, 0.05) is 6.07 Å². The maximum Gasteiger partial charge on any atom is 0.416 e. The molecule has 30 heavy (non-hydrogen) atoms. The van der Waals surface area contributed by atoms with Crippen LogP contribution in [-0.2, 0) is 12.7 Å². The molecule has 11 heteroatoms. The van der Waals surface area contributed by atoms with E-state index in [4.69, 9.17) is 4.52 Å². The average molecular weight is 433 g/mol. The zero-order valence-corrected chi connectivity index (χ0v) is 16.3. The SMILES string of the molecule is Cc1cc(CNC(=O)c2nc(-c3cccs3)n(-c3cccc(C(F)(F)F)c3)n2)no1. The van der Waals surface area contributed by atoms with Crippen LogP contribution in [0.3, 0.4) is 0 Å². The Morgan fingerprint density at radius 3 is 2.73 bits per heavy atom. The summed E-state index contributed by atoms with van der Waals surface area (Å²) < 4.78 is 45.6. The van der Waals surface area contributed by atoms with E-state index < -0.39 is 17.6 Å². The van der Waals surface area contributed by atoms with Crippen LogP contribution in [0.4, 0.5) is 13.2 Å². The number of halogens is 3. The predicted octanol–water partition coefficient (Wildman–Crippen LogP) is 4.24. The second kappa shape index (κ2) is 7.75. The number of hydrogen-bond donors (Lipinski definition) is 1. The highest BCUT2D eigenvalue weighted by atomic mass is 32.1. The molecule has 3 heterocycles. The van der Waals surface area contributed by atoms with Crippen molar-refractivity contribution in [3.05, 3.63) is 70.7 Å². The fraction of sp³-hybridized carbons (Fsp3) is 0.158. The second-order valence-corrected chi connectivity index (χ2v) is 7.26. The van der Waals surface area contributed by atoms with Crippen molar-refractivity contribution in [2.45, 2.75) is 19.6 Å². The number of nitrogens with one attached hydrogen (secondary N) is 1. The Labute approximate surface area is 172 Å². The van der Waals surface area contributed by atoms with Crippen LogP contribution in [-0.4, -0.2) is 25.8 Å². The molecule has 0 saturated carbocycles. The number of thiophene rings is 1. The summed E-state index contributed by atoms with van der Waals surface area (Å²) in [6.45, 7) is 1.83. The maximum atomic E-state index is 13.1. The van der Waals surface area contributed by atoms with Crippen molar-refractivity contribution in [1.82, 2.24) is 25.2 Å². The molecular formula is C19H14F3N5O2S. The van der Waals surface area contributed by atoms with E-state index in [2.05, 4.69) is 20.6 Å². The minimum Gasteiger partial charge on any atom is -0.361 e. The molecule has 1 amide bonds. The molecule has 4 rings (SSSR count). The van der Waals surface area contributed by atoms with Gasteiger partial charge in [-0.2, -0.15) is 13.2 Å². The molecule has 1 aromatic carbocycles. The molecular weight excluding hydrogens is 419 g/mol. The number of alkyl halides is 3. The molecule has 4 aromatic rings. The van der Waals surface area contributed by atoms with Gasteiger partial charge in [-0.1, -0.05) is 17.3 Å². The molecule has 0 atom stereocenters. The summed E-state index contributed by atoms with van der Waals surface area (Å²) in [5.41, 5.74) is -0.149. The molecule has 0 unspecified atom stereocenters. The molecule has 0 radical (unpaired) electrons. The van der Waals surface area contributed by atoms with Crippen molar-refractivity contribution in [3.8, 4) is 16.4 Å². The molecule has 0 bridgehead atoms. The number of carbonyl (C=O) groups is 1. The second-order valence-electron chi connectivity index (χ2n) is 6.31. The summed E-state index contributed by atoms with van der Waals surface area (Å²) >= 11 is 1.33. The van der Waals surface area contributed by atoms with Crippen molar-refractivity contribution >= 4 is 17.2 Å².